The van der Waals surface area contributed by atoms with Crippen molar-refractivity contribution < 1.29 is 18.3 Å². The number of rotatable bonds is 7. The van der Waals surface area contributed by atoms with Gasteiger partial charge in [0.1, 0.15) is 9.09 Å². The molecule has 0 unspecified atom stereocenters. The van der Waals surface area contributed by atoms with E-state index in [0.29, 0.717) is 13.0 Å². The van der Waals surface area contributed by atoms with Crippen molar-refractivity contribution >= 4 is 27.3 Å². The van der Waals surface area contributed by atoms with E-state index in [0.717, 1.165) is 11.3 Å². The van der Waals surface area contributed by atoms with Gasteiger partial charge in [0, 0.05) is 25.5 Å². The Morgan fingerprint density at radius 1 is 1.45 bits per heavy atom. The Bertz CT molecular complexity index is 676. The average molecular weight is 315 g/mol. The van der Waals surface area contributed by atoms with Gasteiger partial charge < -0.3 is 9.67 Å². The van der Waals surface area contributed by atoms with Crippen LogP contribution in [-0.2, 0) is 16.6 Å². The van der Waals surface area contributed by atoms with Gasteiger partial charge in [0.15, 0.2) is 0 Å². The van der Waals surface area contributed by atoms with E-state index in [4.69, 9.17) is 5.11 Å². The van der Waals surface area contributed by atoms with Gasteiger partial charge in [-0.05, 0) is 18.6 Å². The molecule has 20 heavy (non-hydrogen) atoms. The average Bonchev–Trinajstić information content (AvgIpc) is 3.05. The normalized spacial score (nSPS) is 11.6. The highest BCUT2D eigenvalue weighted by molar-refractivity contribution is 7.91. The number of aromatic carboxylic acids is 1. The molecule has 0 bridgehead atoms. The summed E-state index contributed by atoms with van der Waals surface area (Å²) in [6.07, 6.45) is 5.73. The van der Waals surface area contributed by atoms with E-state index >= 15 is 0 Å². The number of nitrogens with zero attached hydrogens (tertiary/aromatic N) is 2. The lowest BCUT2D eigenvalue weighted by molar-refractivity contribution is 0.0702. The van der Waals surface area contributed by atoms with Gasteiger partial charge in [-0.25, -0.2) is 22.9 Å². The highest BCUT2D eigenvalue weighted by Gasteiger charge is 2.18. The number of hydrogen-bond donors (Lipinski definition) is 2. The summed E-state index contributed by atoms with van der Waals surface area (Å²) in [6.45, 7) is 0.939. The molecular weight excluding hydrogens is 302 g/mol. The smallest absolute Gasteiger partial charge is 0.345 e. The van der Waals surface area contributed by atoms with Crippen LogP contribution in [0.15, 0.2) is 35.1 Å². The minimum Gasteiger partial charge on any atom is -0.477 e. The van der Waals surface area contributed by atoms with Crippen LogP contribution in [0.1, 0.15) is 16.1 Å². The molecule has 0 aromatic carbocycles. The first-order valence-electron chi connectivity index (χ1n) is 5.77. The highest BCUT2D eigenvalue weighted by atomic mass is 32.2. The number of carboxylic acids is 1. The largest absolute Gasteiger partial charge is 0.477 e. The van der Waals surface area contributed by atoms with Gasteiger partial charge >= 0.3 is 5.97 Å². The monoisotopic (exact) mass is 315 g/mol. The van der Waals surface area contributed by atoms with Crippen molar-refractivity contribution in [3.05, 3.63) is 35.7 Å². The molecule has 0 radical (unpaired) electrons. The number of carboxylic acid groups (broad SMARTS) is 1. The molecule has 2 aromatic heterocycles. The first-order chi connectivity index (χ1) is 9.49. The molecule has 2 aromatic rings. The summed E-state index contributed by atoms with van der Waals surface area (Å²) in [5, 5.41) is 8.77. The quantitative estimate of drug-likeness (QED) is 0.743. The van der Waals surface area contributed by atoms with Crippen LogP contribution >= 0.6 is 11.3 Å². The maximum absolute atomic E-state index is 11.9. The number of aryl methyl sites for hydroxylation is 1. The maximum Gasteiger partial charge on any atom is 0.345 e. The Morgan fingerprint density at radius 3 is 2.85 bits per heavy atom. The van der Waals surface area contributed by atoms with E-state index in [2.05, 4.69) is 9.71 Å². The zero-order valence-corrected chi connectivity index (χ0v) is 12.0. The van der Waals surface area contributed by atoms with Crippen molar-refractivity contribution in [1.29, 1.82) is 0 Å². The van der Waals surface area contributed by atoms with Crippen LogP contribution < -0.4 is 4.72 Å². The van der Waals surface area contributed by atoms with E-state index in [1.807, 2.05) is 4.57 Å². The molecule has 0 atom stereocenters. The summed E-state index contributed by atoms with van der Waals surface area (Å²) in [5.74, 6) is -1.13. The summed E-state index contributed by atoms with van der Waals surface area (Å²) in [7, 11) is -3.63. The fourth-order valence-corrected chi connectivity index (χ4v) is 3.80. The number of carbonyl (C=O) groups is 1. The predicted octanol–water partition coefficient (Wildman–Crippen LogP) is 1.01. The van der Waals surface area contributed by atoms with Crippen molar-refractivity contribution in [2.45, 2.75) is 17.2 Å². The molecule has 0 saturated carbocycles. The van der Waals surface area contributed by atoms with Crippen LogP contribution in [0.4, 0.5) is 0 Å². The molecule has 0 aliphatic carbocycles. The lowest BCUT2D eigenvalue weighted by atomic mass is 10.4. The van der Waals surface area contributed by atoms with Gasteiger partial charge in [-0.1, -0.05) is 0 Å². The fourth-order valence-electron chi connectivity index (χ4n) is 1.54. The van der Waals surface area contributed by atoms with Gasteiger partial charge in [-0.15, -0.1) is 11.3 Å². The molecule has 108 valence electrons. The number of sulfonamides is 1. The first-order valence-corrected chi connectivity index (χ1v) is 8.07. The molecule has 0 aliphatic heterocycles. The van der Waals surface area contributed by atoms with Crippen LogP contribution in [0.25, 0.3) is 0 Å². The number of imidazole rings is 1. The molecule has 2 heterocycles. The van der Waals surface area contributed by atoms with Crippen molar-refractivity contribution in [3.8, 4) is 0 Å². The second kappa shape index (κ2) is 6.16. The molecule has 0 aliphatic rings. The van der Waals surface area contributed by atoms with Gasteiger partial charge in [0.2, 0.25) is 10.0 Å². The zero-order chi connectivity index (χ0) is 14.6. The van der Waals surface area contributed by atoms with Gasteiger partial charge in [0.25, 0.3) is 0 Å². The van der Waals surface area contributed by atoms with Gasteiger partial charge in [0.05, 0.1) is 6.33 Å². The Balaban J connectivity index is 1.88. The van der Waals surface area contributed by atoms with E-state index in [-0.39, 0.29) is 15.6 Å². The van der Waals surface area contributed by atoms with E-state index in [1.165, 1.54) is 12.1 Å². The SMILES string of the molecule is O=C(O)c1ccc(S(=O)(=O)NCCCn2ccnc2)s1. The van der Waals surface area contributed by atoms with Crippen molar-refractivity contribution in [2.24, 2.45) is 0 Å². The minimum atomic E-state index is -3.63. The Morgan fingerprint density at radius 2 is 2.25 bits per heavy atom. The third-order valence-corrected chi connectivity index (χ3v) is 5.53. The predicted molar refractivity (Wildman–Crippen MR) is 73.3 cm³/mol. The van der Waals surface area contributed by atoms with E-state index in [9.17, 15) is 13.2 Å². The second-order valence-corrected chi connectivity index (χ2v) is 7.05. The molecule has 0 amide bonds. The van der Waals surface area contributed by atoms with Crippen LogP contribution in [0.3, 0.4) is 0 Å². The lowest BCUT2D eigenvalue weighted by Gasteiger charge is -2.05. The Kier molecular flexibility index (Phi) is 4.53. The van der Waals surface area contributed by atoms with Crippen molar-refractivity contribution in [1.82, 2.24) is 14.3 Å². The van der Waals surface area contributed by atoms with Crippen LogP contribution in [0.2, 0.25) is 0 Å². The molecule has 9 heteroatoms. The van der Waals surface area contributed by atoms with E-state index in [1.54, 1.807) is 18.7 Å². The first kappa shape index (κ1) is 14.7. The van der Waals surface area contributed by atoms with Gasteiger partial charge in [-0.3, -0.25) is 0 Å². The summed E-state index contributed by atoms with van der Waals surface area (Å²) in [5.41, 5.74) is 0. The molecule has 2 rings (SSSR count). The Hall–Kier alpha value is -1.71. The topological polar surface area (TPSA) is 101 Å². The number of hydrogen-bond acceptors (Lipinski definition) is 5. The summed E-state index contributed by atoms with van der Waals surface area (Å²) < 4.78 is 28.1. The summed E-state index contributed by atoms with van der Waals surface area (Å²) in [6, 6.07) is 2.58. The van der Waals surface area contributed by atoms with E-state index < -0.39 is 16.0 Å². The Labute approximate surface area is 119 Å². The lowest BCUT2D eigenvalue weighted by Crippen LogP contribution is -2.24. The number of aromatic nitrogens is 2. The standard InChI is InChI=1S/C11H13N3O4S2/c15-11(16)9-2-3-10(19-9)20(17,18)13-4-1-6-14-7-5-12-8-14/h2-3,5,7-8,13H,1,4,6H2,(H,15,16). The highest BCUT2D eigenvalue weighted by Crippen LogP contribution is 2.21. The van der Waals surface area contributed by atoms with Crippen LogP contribution in [0, 0.1) is 0 Å². The molecular formula is C11H13N3O4S2. The van der Waals surface area contributed by atoms with Crippen molar-refractivity contribution in [2.75, 3.05) is 6.54 Å². The van der Waals surface area contributed by atoms with Crippen molar-refractivity contribution in [3.63, 3.8) is 0 Å². The third-order valence-electron chi connectivity index (χ3n) is 2.50. The molecule has 0 saturated heterocycles. The summed E-state index contributed by atoms with van der Waals surface area (Å²) in [4.78, 5) is 14.6. The molecule has 7 nitrogen and oxygen atoms in total. The van der Waals surface area contributed by atoms with Gasteiger partial charge in [-0.2, -0.15) is 0 Å². The number of nitrogens with one attached hydrogen (secondary N) is 1. The second-order valence-electron chi connectivity index (χ2n) is 3.98. The zero-order valence-electron chi connectivity index (χ0n) is 10.4. The minimum absolute atomic E-state index is 0.00351. The maximum atomic E-state index is 11.9. The summed E-state index contributed by atoms with van der Waals surface area (Å²) >= 11 is 0.739. The van der Waals surface area contributed by atoms with Crippen LogP contribution in [-0.4, -0.2) is 35.6 Å². The fraction of sp³-hybridized carbons (Fsp3) is 0.273. The molecule has 0 fully saturated rings. The molecule has 0 spiro atoms. The third kappa shape index (κ3) is 3.65. The van der Waals surface area contributed by atoms with Crippen LogP contribution in [0.5, 0.6) is 0 Å². The number of thiophene rings is 1. The molecule has 2 N–H and O–H groups in total.